The van der Waals surface area contributed by atoms with E-state index >= 15 is 0 Å². The third-order valence-electron chi connectivity index (χ3n) is 2.70. The lowest BCUT2D eigenvalue weighted by Crippen LogP contribution is -2.21. The number of rotatable bonds is 4. The highest BCUT2D eigenvalue weighted by molar-refractivity contribution is 5.93. The molecule has 0 N–H and O–H groups in total. The summed E-state index contributed by atoms with van der Waals surface area (Å²) in [7, 11) is 0. The van der Waals surface area contributed by atoms with Crippen molar-refractivity contribution in [3.05, 3.63) is 42.1 Å². The largest absolute Gasteiger partial charge is 0.461 e. The molecule has 0 aliphatic rings. The highest BCUT2D eigenvalue weighted by atomic mass is 16.6. The number of benzene rings is 1. The fraction of sp³-hybridized carbons (Fsp3) is 0.267. The van der Waals surface area contributed by atoms with E-state index in [1.165, 1.54) is 6.07 Å². The first-order chi connectivity index (χ1) is 10.2. The molecule has 0 amide bonds. The summed E-state index contributed by atoms with van der Waals surface area (Å²) in [5, 5.41) is 4.14. The molecule has 0 aliphatic carbocycles. The summed E-state index contributed by atoms with van der Waals surface area (Å²) in [5.41, 5.74) is 1.35. The van der Waals surface area contributed by atoms with Crippen LogP contribution in [0.5, 0.6) is 0 Å². The van der Waals surface area contributed by atoms with Crippen molar-refractivity contribution in [2.24, 2.45) is 0 Å². The SMILES string of the molecule is CCOC(=O)c1cc(-c2ccccc2)nn1C(=O)OCC. The molecule has 1 aromatic heterocycles. The van der Waals surface area contributed by atoms with Crippen LogP contribution in [0.25, 0.3) is 11.3 Å². The number of nitrogens with zero attached hydrogens (tertiary/aromatic N) is 2. The molecule has 0 saturated carbocycles. The van der Waals surface area contributed by atoms with Gasteiger partial charge in [0.2, 0.25) is 0 Å². The van der Waals surface area contributed by atoms with Gasteiger partial charge < -0.3 is 9.47 Å². The summed E-state index contributed by atoms with van der Waals surface area (Å²) < 4.78 is 10.8. The number of carbonyl (C=O) groups is 2. The molecular weight excluding hydrogens is 272 g/mol. The van der Waals surface area contributed by atoms with Gasteiger partial charge in [-0.1, -0.05) is 30.3 Å². The second-order valence-corrected chi connectivity index (χ2v) is 4.11. The Balaban J connectivity index is 2.44. The van der Waals surface area contributed by atoms with Crippen molar-refractivity contribution in [2.45, 2.75) is 13.8 Å². The van der Waals surface area contributed by atoms with E-state index in [2.05, 4.69) is 5.10 Å². The fourth-order valence-electron chi connectivity index (χ4n) is 1.81. The van der Waals surface area contributed by atoms with Gasteiger partial charge in [0.05, 0.1) is 18.9 Å². The first kappa shape index (κ1) is 14.8. The lowest BCUT2D eigenvalue weighted by atomic mass is 10.1. The van der Waals surface area contributed by atoms with E-state index in [1.807, 2.05) is 30.3 Å². The van der Waals surface area contributed by atoms with Gasteiger partial charge in [-0.05, 0) is 19.9 Å². The summed E-state index contributed by atoms with van der Waals surface area (Å²) >= 11 is 0. The zero-order valence-corrected chi connectivity index (χ0v) is 11.9. The Morgan fingerprint density at radius 3 is 2.38 bits per heavy atom. The standard InChI is InChI=1S/C15H16N2O4/c1-3-20-14(18)13-10-12(11-8-6-5-7-9-11)16-17(13)15(19)21-4-2/h5-10H,3-4H2,1-2H3. The average molecular weight is 288 g/mol. The van der Waals surface area contributed by atoms with E-state index in [4.69, 9.17) is 9.47 Å². The Morgan fingerprint density at radius 2 is 1.76 bits per heavy atom. The average Bonchev–Trinajstić information content (AvgIpc) is 2.94. The molecule has 0 atom stereocenters. The molecule has 0 unspecified atom stereocenters. The topological polar surface area (TPSA) is 70.4 Å². The van der Waals surface area contributed by atoms with E-state index < -0.39 is 12.1 Å². The maximum Gasteiger partial charge on any atom is 0.435 e. The molecule has 110 valence electrons. The number of carbonyl (C=O) groups excluding carboxylic acids is 2. The zero-order chi connectivity index (χ0) is 15.2. The van der Waals surface area contributed by atoms with Crippen LogP contribution in [0, 0.1) is 0 Å². The van der Waals surface area contributed by atoms with Gasteiger partial charge in [-0.25, -0.2) is 9.59 Å². The summed E-state index contributed by atoms with van der Waals surface area (Å²) in [6, 6.07) is 10.8. The van der Waals surface area contributed by atoms with Gasteiger partial charge in [0.25, 0.3) is 0 Å². The van der Waals surface area contributed by atoms with E-state index in [9.17, 15) is 9.59 Å². The molecule has 1 aromatic carbocycles. The summed E-state index contributed by atoms with van der Waals surface area (Å²) in [4.78, 5) is 23.8. The Hall–Kier alpha value is -2.63. The van der Waals surface area contributed by atoms with E-state index in [0.717, 1.165) is 10.2 Å². The smallest absolute Gasteiger partial charge is 0.435 e. The Kier molecular flexibility index (Phi) is 4.71. The van der Waals surface area contributed by atoms with Gasteiger partial charge in [-0.2, -0.15) is 9.78 Å². The summed E-state index contributed by atoms with van der Waals surface area (Å²) in [6.45, 7) is 3.79. The maximum absolute atomic E-state index is 11.9. The van der Waals surface area contributed by atoms with Crippen molar-refractivity contribution in [1.29, 1.82) is 0 Å². The highest BCUT2D eigenvalue weighted by Gasteiger charge is 2.22. The highest BCUT2D eigenvalue weighted by Crippen LogP contribution is 2.19. The first-order valence-corrected chi connectivity index (χ1v) is 6.67. The molecule has 0 aliphatic heterocycles. The van der Waals surface area contributed by atoms with Crippen LogP contribution in [0.3, 0.4) is 0 Å². The number of esters is 1. The van der Waals surface area contributed by atoms with Crippen molar-refractivity contribution in [2.75, 3.05) is 13.2 Å². The van der Waals surface area contributed by atoms with Crippen LogP contribution >= 0.6 is 0 Å². The van der Waals surface area contributed by atoms with E-state index in [0.29, 0.717) is 5.69 Å². The molecule has 2 aromatic rings. The minimum atomic E-state index is -0.706. The minimum Gasteiger partial charge on any atom is -0.461 e. The molecule has 6 nitrogen and oxygen atoms in total. The molecule has 0 bridgehead atoms. The molecule has 2 rings (SSSR count). The van der Waals surface area contributed by atoms with Crippen molar-refractivity contribution in [1.82, 2.24) is 9.78 Å². The second kappa shape index (κ2) is 6.69. The molecule has 6 heteroatoms. The van der Waals surface area contributed by atoms with Crippen molar-refractivity contribution < 1.29 is 19.1 Å². The summed E-state index contributed by atoms with van der Waals surface area (Å²) in [6.07, 6.45) is -0.706. The third kappa shape index (κ3) is 3.28. The van der Waals surface area contributed by atoms with Crippen LogP contribution in [0.4, 0.5) is 4.79 Å². The molecule has 0 radical (unpaired) electrons. The zero-order valence-electron chi connectivity index (χ0n) is 11.9. The molecule has 1 heterocycles. The van der Waals surface area contributed by atoms with Crippen molar-refractivity contribution >= 4 is 12.1 Å². The van der Waals surface area contributed by atoms with Gasteiger partial charge in [0, 0.05) is 5.56 Å². The molecule has 0 saturated heterocycles. The Labute approximate surface area is 122 Å². The molecule has 21 heavy (non-hydrogen) atoms. The van der Waals surface area contributed by atoms with Gasteiger partial charge in [0.1, 0.15) is 0 Å². The van der Waals surface area contributed by atoms with Crippen LogP contribution in [-0.4, -0.2) is 35.1 Å². The predicted molar refractivity (Wildman–Crippen MR) is 76.0 cm³/mol. The monoisotopic (exact) mass is 288 g/mol. The Morgan fingerprint density at radius 1 is 1.10 bits per heavy atom. The second-order valence-electron chi connectivity index (χ2n) is 4.11. The van der Waals surface area contributed by atoms with Crippen molar-refractivity contribution in [3.63, 3.8) is 0 Å². The normalized spacial score (nSPS) is 10.2. The van der Waals surface area contributed by atoms with Crippen LogP contribution in [0.15, 0.2) is 36.4 Å². The van der Waals surface area contributed by atoms with E-state index in [-0.39, 0.29) is 18.9 Å². The third-order valence-corrected chi connectivity index (χ3v) is 2.70. The first-order valence-electron chi connectivity index (χ1n) is 6.67. The number of ether oxygens (including phenoxy) is 2. The number of hydrogen-bond donors (Lipinski definition) is 0. The number of aromatic nitrogens is 2. The van der Waals surface area contributed by atoms with Gasteiger partial charge in [-0.3, -0.25) is 0 Å². The minimum absolute atomic E-state index is 0.0501. The fourth-order valence-corrected chi connectivity index (χ4v) is 1.81. The maximum atomic E-state index is 11.9. The van der Waals surface area contributed by atoms with Gasteiger partial charge >= 0.3 is 12.1 Å². The molecule has 0 spiro atoms. The molecular formula is C15H16N2O4. The van der Waals surface area contributed by atoms with Crippen molar-refractivity contribution in [3.8, 4) is 11.3 Å². The molecule has 0 fully saturated rings. The van der Waals surface area contributed by atoms with Crippen LogP contribution in [-0.2, 0) is 9.47 Å². The lowest BCUT2D eigenvalue weighted by molar-refractivity contribution is 0.0509. The van der Waals surface area contributed by atoms with Crippen LogP contribution in [0.1, 0.15) is 24.3 Å². The summed E-state index contributed by atoms with van der Waals surface area (Å²) in [5.74, 6) is -0.611. The van der Waals surface area contributed by atoms with Crippen LogP contribution < -0.4 is 0 Å². The van der Waals surface area contributed by atoms with Crippen LogP contribution in [0.2, 0.25) is 0 Å². The van der Waals surface area contributed by atoms with Gasteiger partial charge in [0.15, 0.2) is 5.69 Å². The lowest BCUT2D eigenvalue weighted by Gasteiger charge is -2.05. The Bertz CT molecular complexity index is 599. The van der Waals surface area contributed by atoms with E-state index in [1.54, 1.807) is 13.8 Å². The quantitative estimate of drug-likeness (QED) is 0.809. The van der Waals surface area contributed by atoms with Gasteiger partial charge in [-0.15, -0.1) is 0 Å². The number of hydrogen-bond acceptors (Lipinski definition) is 5. The predicted octanol–water partition coefficient (Wildman–Crippen LogP) is 2.73.